The van der Waals surface area contributed by atoms with E-state index in [0.717, 1.165) is 53.5 Å². The second-order valence-electron chi connectivity index (χ2n) is 9.94. The zero-order valence-electron chi connectivity index (χ0n) is 22.0. The second-order valence-corrected chi connectivity index (χ2v) is 9.94. The van der Waals surface area contributed by atoms with Crippen LogP contribution in [0.25, 0.3) is 28.1 Å². The van der Waals surface area contributed by atoms with Crippen LogP contribution in [-0.4, -0.2) is 28.1 Å². The number of aromatic nitrogens is 2. The van der Waals surface area contributed by atoms with Crippen molar-refractivity contribution in [2.75, 3.05) is 6.61 Å². The lowest BCUT2D eigenvalue weighted by Crippen LogP contribution is -2.18. The van der Waals surface area contributed by atoms with Crippen molar-refractivity contribution in [1.82, 2.24) is 9.78 Å². The zero-order chi connectivity index (χ0) is 26.6. The van der Waals surface area contributed by atoms with Crippen LogP contribution in [0.5, 0.6) is 0 Å². The summed E-state index contributed by atoms with van der Waals surface area (Å²) in [6.45, 7) is 3.00. The lowest BCUT2D eigenvalue weighted by Gasteiger charge is -2.23. The smallest absolute Gasteiger partial charge is 0.341 e. The molecule has 196 valence electrons. The van der Waals surface area contributed by atoms with Gasteiger partial charge in [0.2, 0.25) is 0 Å². The fraction of sp³-hybridized carbons (Fsp3) is 0.242. The molecule has 39 heavy (non-hydrogen) atoms. The predicted octanol–water partition coefficient (Wildman–Crippen LogP) is 7.42. The highest BCUT2D eigenvalue weighted by Gasteiger charge is 2.20. The predicted molar refractivity (Wildman–Crippen MR) is 155 cm³/mol. The summed E-state index contributed by atoms with van der Waals surface area (Å²) in [7, 11) is 0. The van der Waals surface area contributed by atoms with Gasteiger partial charge in [-0.1, -0.05) is 78.8 Å². The van der Waals surface area contributed by atoms with E-state index in [1.165, 1.54) is 23.1 Å². The molecule has 0 radical (unpaired) electrons. The summed E-state index contributed by atoms with van der Waals surface area (Å²) in [4.78, 5) is 16.0. The van der Waals surface area contributed by atoms with Crippen molar-refractivity contribution in [2.24, 2.45) is 5.16 Å². The molecule has 1 unspecified atom stereocenters. The number of ether oxygens (including phenoxy) is 1. The van der Waals surface area contributed by atoms with Crippen LogP contribution in [0.15, 0.2) is 90.2 Å². The van der Waals surface area contributed by atoms with Gasteiger partial charge in [0.15, 0.2) is 6.23 Å². The third-order valence-electron chi connectivity index (χ3n) is 7.35. The molecule has 0 saturated carbocycles. The molecule has 6 rings (SSSR count). The Morgan fingerprint density at radius 2 is 1.79 bits per heavy atom. The summed E-state index contributed by atoms with van der Waals surface area (Å²) in [5.41, 5.74) is 8.78. The third kappa shape index (κ3) is 5.33. The van der Waals surface area contributed by atoms with Crippen molar-refractivity contribution in [3.8, 4) is 0 Å². The maximum atomic E-state index is 11.3. The van der Waals surface area contributed by atoms with Crippen molar-refractivity contribution in [3.63, 3.8) is 0 Å². The molecule has 2 aliphatic heterocycles. The molecule has 3 heterocycles. The van der Waals surface area contributed by atoms with Crippen LogP contribution < -0.4 is 0 Å². The van der Waals surface area contributed by atoms with Gasteiger partial charge < -0.3 is 9.57 Å². The Bertz CT molecular complexity index is 1570. The Morgan fingerprint density at radius 3 is 2.51 bits per heavy atom. The molecule has 0 spiro atoms. The van der Waals surface area contributed by atoms with Crippen molar-refractivity contribution in [3.05, 3.63) is 107 Å². The molecule has 1 aromatic heterocycles. The normalized spacial score (nSPS) is 18.3. The number of nitrogens with zero attached hydrogens (tertiary/aromatic N) is 3. The average Bonchev–Trinajstić information content (AvgIpc) is 3.61. The van der Waals surface area contributed by atoms with Gasteiger partial charge in [0, 0.05) is 12.0 Å². The van der Waals surface area contributed by atoms with E-state index in [4.69, 9.17) is 9.84 Å². The Hall–Kier alpha value is -4.29. The first-order valence-electron chi connectivity index (χ1n) is 13.6. The summed E-state index contributed by atoms with van der Waals surface area (Å²) in [5, 5.41) is 9.62. The first-order chi connectivity index (χ1) is 19.2. The molecule has 6 nitrogen and oxygen atoms in total. The second kappa shape index (κ2) is 11.2. The Labute approximate surface area is 228 Å². The topological polar surface area (TPSA) is 65.7 Å². The van der Waals surface area contributed by atoms with Crippen molar-refractivity contribution < 1.29 is 14.4 Å². The van der Waals surface area contributed by atoms with Gasteiger partial charge in [-0.25, -0.2) is 9.48 Å². The monoisotopic (exact) mass is 517 g/mol. The Balaban J connectivity index is 1.40. The summed E-state index contributed by atoms with van der Waals surface area (Å²) in [6.07, 6.45) is 10.1. The van der Waals surface area contributed by atoms with E-state index in [-0.39, 0.29) is 18.6 Å². The molecule has 1 fully saturated rings. The van der Waals surface area contributed by atoms with Gasteiger partial charge in [-0.15, -0.1) is 0 Å². The van der Waals surface area contributed by atoms with E-state index in [2.05, 4.69) is 89.7 Å². The highest BCUT2D eigenvalue weighted by molar-refractivity contribution is 6.09. The van der Waals surface area contributed by atoms with E-state index < -0.39 is 0 Å². The minimum Gasteiger partial charge on any atom is -0.356 e. The standard InChI is InChI=1S/C33H31N3O3/c1-2-29(24-8-4-3-5-9-24)33(25-14-11-23(12-15-25)13-17-28-21-32(37)39-35-28)26-16-18-30-27(20-26)22-34-36(30)31-10-6-7-19-38-31/h3-5,8-9,11-18,20,22,31H,2,6-7,10,19,21H2,1H3/b17-13+,33-29+. The molecule has 4 aromatic rings. The third-order valence-corrected chi connectivity index (χ3v) is 7.35. The van der Waals surface area contributed by atoms with Gasteiger partial charge in [0.25, 0.3) is 0 Å². The lowest BCUT2D eigenvalue weighted by atomic mass is 9.87. The first kappa shape index (κ1) is 25.0. The summed E-state index contributed by atoms with van der Waals surface area (Å²) < 4.78 is 8.05. The van der Waals surface area contributed by atoms with Gasteiger partial charge in [-0.3, -0.25) is 0 Å². The number of rotatable bonds is 7. The van der Waals surface area contributed by atoms with Crippen molar-refractivity contribution in [2.45, 2.75) is 45.3 Å². The SMILES string of the molecule is CC/C(=C(/c1ccc(/C=C/C2=NOC(=O)C2)cc1)c1ccc2c(cnn2C2CCCCO2)c1)c1ccccc1. The van der Waals surface area contributed by atoms with Gasteiger partial charge in [-0.2, -0.15) is 5.10 Å². The zero-order valence-corrected chi connectivity index (χ0v) is 22.0. The number of hydrogen-bond donors (Lipinski definition) is 0. The van der Waals surface area contributed by atoms with Crippen LogP contribution in [0.2, 0.25) is 0 Å². The van der Waals surface area contributed by atoms with Crippen LogP contribution in [0.3, 0.4) is 0 Å². The summed E-state index contributed by atoms with van der Waals surface area (Å²) in [6, 6.07) is 25.7. The van der Waals surface area contributed by atoms with Gasteiger partial charge >= 0.3 is 5.97 Å². The fourth-order valence-corrected chi connectivity index (χ4v) is 5.40. The minimum atomic E-state index is -0.318. The molecular formula is C33H31N3O3. The molecule has 6 heteroatoms. The van der Waals surface area contributed by atoms with E-state index in [9.17, 15) is 4.79 Å². The number of carbonyl (C=O) groups excluding carboxylic acids is 1. The van der Waals surface area contributed by atoms with Crippen LogP contribution in [0.4, 0.5) is 0 Å². The molecular weight excluding hydrogens is 486 g/mol. The van der Waals surface area contributed by atoms with E-state index in [0.29, 0.717) is 5.71 Å². The molecule has 2 aliphatic rings. The minimum absolute atomic E-state index is 0.00751. The molecule has 1 atom stereocenters. The Morgan fingerprint density at radius 1 is 0.974 bits per heavy atom. The Kier molecular flexibility index (Phi) is 7.19. The largest absolute Gasteiger partial charge is 0.356 e. The van der Waals surface area contributed by atoms with Gasteiger partial charge in [-0.05, 0) is 77.3 Å². The van der Waals surface area contributed by atoms with Crippen LogP contribution in [-0.2, 0) is 14.4 Å². The summed E-state index contributed by atoms with van der Waals surface area (Å²) in [5.74, 6) is -0.318. The molecule has 0 bridgehead atoms. The fourth-order valence-electron chi connectivity index (χ4n) is 5.40. The molecule has 0 N–H and O–H groups in total. The van der Waals surface area contributed by atoms with E-state index in [1.54, 1.807) is 0 Å². The number of benzene rings is 3. The average molecular weight is 518 g/mol. The molecule has 1 saturated heterocycles. The van der Waals surface area contributed by atoms with Crippen LogP contribution >= 0.6 is 0 Å². The molecule has 0 aliphatic carbocycles. The highest BCUT2D eigenvalue weighted by atomic mass is 16.7. The molecule has 0 amide bonds. The van der Waals surface area contributed by atoms with Gasteiger partial charge in [0.1, 0.15) is 0 Å². The maximum absolute atomic E-state index is 11.3. The maximum Gasteiger partial charge on any atom is 0.341 e. The van der Waals surface area contributed by atoms with Crippen LogP contribution in [0.1, 0.15) is 67.5 Å². The number of allylic oxidation sites excluding steroid dienone is 2. The number of fused-ring (bicyclic) bond motifs is 1. The lowest BCUT2D eigenvalue weighted by molar-refractivity contribution is -0.140. The quantitative estimate of drug-likeness (QED) is 0.189. The van der Waals surface area contributed by atoms with E-state index in [1.807, 2.05) is 23.0 Å². The number of oxime groups is 1. The van der Waals surface area contributed by atoms with E-state index >= 15 is 0 Å². The molecule has 3 aromatic carbocycles. The number of hydrogen-bond acceptors (Lipinski definition) is 5. The van der Waals surface area contributed by atoms with Crippen LogP contribution in [0, 0.1) is 0 Å². The van der Waals surface area contributed by atoms with Crippen molar-refractivity contribution >= 4 is 39.8 Å². The van der Waals surface area contributed by atoms with Gasteiger partial charge in [0.05, 0.1) is 23.8 Å². The number of carbonyl (C=O) groups is 1. The first-order valence-corrected chi connectivity index (χ1v) is 13.6. The van der Waals surface area contributed by atoms with Crippen molar-refractivity contribution in [1.29, 1.82) is 0 Å². The summed E-state index contributed by atoms with van der Waals surface area (Å²) >= 11 is 0. The highest BCUT2D eigenvalue weighted by Crippen LogP contribution is 2.36.